The summed E-state index contributed by atoms with van der Waals surface area (Å²) in [6, 6.07) is 0. The molecule has 0 fully saturated rings. The molecule has 0 radical (unpaired) electrons. The number of hydrogen-bond acceptors (Lipinski definition) is 1. The number of halogens is 3. The topological polar surface area (TPSA) is 43.1 Å². The van der Waals surface area contributed by atoms with Crippen molar-refractivity contribution in [3.8, 4) is 0 Å². The summed E-state index contributed by atoms with van der Waals surface area (Å²) >= 11 is 0. The maximum absolute atomic E-state index is 10.4. The van der Waals surface area contributed by atoms with Crippen LogP contribution in [0.1, 0.15) is 6.92 Å². The molecule has 0 saturated carbocycles. The molecule has 2 nitrogen and oxygen atoms in total. The number of primary amides is 1. The monoisotopic (exact) mass is 251 g/mol. The summed E-state index contributed by atoms with van der Waals surface area (Å²) < 4.78 is -0.560. The van der Waals surface area contributed by atoms with Crippen LogP contribution >= 0.6 is 30.0 Å². The molecular formula is C3H6Cl3GeNO. The fourth-order valence-corrected chi connectivity index (χ4v) is 2.51. The summed E-state index contributed by atoms with van der Waals surface area (Å²) in [5.41, 5.74) is 4.88. The number of carbonyl (C=O) groups is 1. The fourth-order valence-electron chi connectivity index (χ4n) is 0.161. The summed E-state index contributed by atoms with van der Waals surface area (Å²) in [6.45, 7) is 1.54. The third-order valence-electron chi connectivity index (χ3n) is 0.918. The summed E-state index contributed by atoms with van der Waals surface area (Å²) in [4.78, 5) is 10.4. The first-order valence-corrected chi connectivity index (χ1v) is 11.7. The van der Waals surface area contributed by atoms with Gasteiger partial charge in [-0.3, -0.25) is 0 Å². The predicted molar refractivity (Wildman–Crippen MR) is 41.9 cm³/mol. The Kier molecular flexibility index (Phi) is 3.65. The van der Waals surface area contributed by atoms with E-state index in [4.69, 9.17) is 35.8 Å². The van der Waals surface area contributed by atoms with Crippen molar-refractivity contribution in [1.82, 2.24) is 0 Å². The zero-order chi connectivity index (χ0) is 7.65. The molecule has 0 heterocycles. The van der Waals surface area contributed by atoms with E-state index in [0.717, 1.165) is 0 Å². The van der Waals surface area contributed by atoms with E-state index in [9.17, 15) is 4.79 Å². The SMILES string of the molecule is C[CH](C(N)=O)[Ge]([Cl])([Cl])[Cl]. The molecule has 0 aliphatic heterocycles. The van der Waals surface area contributed by atoms with Gasteiger partial charge in [-0.2, -0.15) is 0 Å². The van der Waals surface area contributed by atoms with Gasteiger partial charge in [-0.05, 0) is 0 Å². The second kappa shape index (κ2) is 3.33. The number of nitrogens with two attached hydrogens (primary N) is 1. The van der Waals surface area contributed by atoms with Crippen molar-refractivity contribution in [2.45, 2.75) is 11.7 Å². The zero-order valence-electron chi connectivity index (χ0n) is 4.70. The molecule has 1 unspecified atom stereocenters. The summed E-state index contributed by atoms with van der Waals surface area (Å²) in [5.74, 6) is -0.532. The molecule has 0 aromatic carbocycles. The maximum atomic E-state index is 10.4. The Hall–Kier alpha value is 0.883. The molecule has 0 saturated heterocycles. The van der Waals surface area contributed by atoms with Gasteiger partial charge in [0.05, 0.1) is 0 Å². The molecule has 0 aliphatic rings. The number of hydrogen-bond donors (Lipinski definition) is 1. The second-order valence-corrected chi connectivity index (χ2v) is 18.1. The van der Waals surface area contributed by atoms with Crippen LogP contribution in [0.15, 0.2) is 0 Å². The second-order valence-electron chi connectivity index (χ2n) is 1.67. The van der Waals surface area contributed by atoms with Gasteiger partial charge in [0.2, 0.25) is 0 Å². The van der Waals surface area contributed by atoms with Gasteiger partial charge in [-0.25, -0.2) is 0 Å². The molecule has 54 valence electrons. The molecule has 0 bridgehead atoms. The molecule has 2 N–H and O–H groups in total. The van der Waals surface area contributed by atoms with Gasteiger partial charge in [0.25, 0.3) is 0 Å². The molecule has 1 amide bonds. The zero-order valence-corrected chi connectivity index (χ0v) is 9.06. The number of amides is 1. The normalized spacial score (nSPS) is 15.1. The van der Waals surface area contributed by atoms with Crippen molar-refractivity contribution in [2.24, 2.45) is 5.73 Å². The predicted octanol–water partition coefficient (Wildman–Crippen LogP) is 1.52. The van der Waals surface area contributed by atoms with Crippen LogP contribution in [0.2, 0.25) is 4.75 Å². The van der Waals surface area contributed by atoms with E-state index in [0.29, 0.717) is 0 Å². The van der Waals surface area contributed by atoms with Crippen LogP contribution in [0.4, 0.5) is 0 Å². The van der Waals surface area contributed by atoms with E-state index in [2.05, 4.69) is 0 Å². The average Bonchev–Trinajstić information content (AvgIpc) is 1.62. The van der Waals surface area contributed by atoms with Crippen molar-refractivity contribution in [2.75, 3.05) is 0 Å². The van der Waals surface area contributed by atoms with Gasteiger partial charge in [0.15, 0.2) is 0 Å². The molecule has 0 aliphatic carbocycles. The summed E-state index contributed by atoms with van der Waals surface area (Å²) in [7, 11) is 13.2. The first kappa shape index (κ1) is 9.88. The van der Waals surface area contributed by atoms with Crippen molar-refractivity contribution < 1.29 is 4.79 Å². The Balaban J connectivity index is 4.04. The van der Waals surface area contributed by atoms with Crippen molar-refractivity contribution >= 4 is 46.4 Å². The van der Waals surface area contributed by atoms with E-state index in [1.54, 1.807) is 0 Å². The average molecular weight is 251 g/mol. The van der Waals surface area contributed by atoms with Crippen molar-refractivity contribution in [1.29, 1.82) is 0 Å². The number of rotatable bonds is 2. The van der Waals surface area contributed by atoms with Crippen LogP contribution in [-0.4, -0.2) is 16.4 Å². The van der Waals surface area contributed by atoms with E-state index in [1.165, 1.54) is 6.92 Å². The van der Waals surface area contributed by atoms with Crippen molar-refractivity contribution in [3.63, 3.8) is 0 Å². The standard InChI is InChI=1S/C3H6Cl3GeNO/c1-2(3(8)9)7(4,5)6/h2H,1H3,(H2,8,9). The first-order valence-electron chi connectivity index (χ1n) is 2.21. The van der Waals surface area contributed by atoms with Crippen LogP contribution in [0.3, 0.4) is 0 Å². The molecular weight excluding hydrogens is 245 g/mol. The first-order chi connectivity index (χ1) is 3.85. The van der Waals surface area contributed by atoms with E-state index in [1.807, 2.05) is 0 Å². The molecule has 0 aromatic heterocycles. The minimum atomic E-state index is -3.34. The van der Waals surface area contributed by atoms with E-state index < -0.39 is 21.1 Å². The van der Waals surface area contributed by atoms with Crippen LogP contribution in [-0.2, 0) is 4.79 Å². The van der Waals surface area contributed by atoms with Gasteiger partial charge in [0.1, 0.15) is 0 Å². The Morgan fingerprint density at radius 1 is 1.56 bits per heavy atom. The molecule has 9 heavy (non-hydrogen) atoms. The molecule has 1 atom stereocenters. The van der Waals surface area contributed by atoms with E-state index >= 15 is 0 Å². The van der Waals surface area contributed by atoms with Gasteiger partial charge in [-0.15, -0.1) is 0 Å². The molecule has 0 aromatic rings. The molecule has 0 spiro atoms. The van der Waals surface area contributed by atoms with Crippen LogP contribution in [0.5, 0.6) is 0 Å². The van der Waals surface area contributed by atoms with Gasteiger partial charge in [0, 0.05) is 0 Å². The summed E-state index contributed by atoms with van der Waals surface area (Å²) in [6.07, 6.45) is 0. The van der Waals surface area contributed by atoms with Crippen LogP contribution < -0.4 is 5.73 Å². The summed E-state index contributed by atoms with van der Waals surface area (Å²) in [5, 5.41) is 0. The number of carbonyl (C=O) groups excluding carboxylic acids is 1. The Labute approximate surface area is 68.5 Å². The molecule has 6 heteroatoms. The van der Waals surface area contributed by atoms with Crippen molar-refractivity contribution in [3.05, 3.63) is 0 Å². The van der Waals surface area contributed by atoms with E-state index in [-0.39, 0.29) is 0 Å². The molecule has 0 rings (SSSR count). The minimum absolute atomic E-state index is 0.532. The Morgan fingerprint density at radius 2 is 1.89 bits per heavy atom. The third kappa shape index (κ3) is 3.55. The quantitative estimate of drug-likeness (QED) is 0.743. The van der Waals surface area contributed by atoms with Crippen LogP contribution in [0.25, 0.3) is 0 Å². The Bertz CT molecular complexity index is 123. The van der Waals surface area contributed by atoms with Gasteiger partial charge in [-0.1, -0.05) is 0 Å². The van der Waals surface area contributed by atoms with Gasteiger partial charge >= 0.3 is 68.6 Å². The van der Waals surface area contributed by atoms with Gasteiger partial charge < -0.3 is 0 Å². The fraction of sp³-hybridized carbons (Fsp3) is 0.667. The third-order valence-corrected chi connectivity index (χ3v) is 8.68. The Morgan fingerprint density at radius 3 is 1.89 bits per heavy atom. The van der Waals surface area contributed by atoms with Crippen LogP contribution in [0, 0.1) is 0 Å².